The summed E-state index contributed by atoms with van der Waals surface area (Å²) in [4.78, 5) is 28.2. The Bertz CT molecular complexity index is 817. The molecule has 5 aliphatic rings. The molecule has 14 heteroatoms. The van der Waals surface area contributed by atoms with Crippen molar-refractivity contribution in [3.63, 3.8) is 0 Å². The molecule has 1 N–H and O–H groups in total. The summed E-state index contributed by atoms with van der Waals surface area (Å²) < 4.78 is 22.3. The number of hydrogen-bond donors (Lipinski definition) is 1. The molecule has 5 fully saturated rings. The van der Waals surface area contributed by atoms with Crippen LogP contribution in [-0.2, 0) is 23.7 Å². The minimum absolute atomic E-state index is 0.0301. The molecule has 0 amide bonds. The summed E-state index contributed by atoms with van der Waals surface area (Å²) in [5.74, 6) is 0.0301. The molecule has 232 valence electrons. The predicted molar refractivity (Wildman–Crippen MR) is 152 cm³/mol. The Morgan fingerprint density at radius 3 is 1.98 bits per heavy atom. The van der Waals surface area contributed by atoms with Crippen molar-refractivity contribution in [3.8, 4) is 0 Å². The molecular weight excluding hydrogens is 541 g/mol. The molecule has 5 aliphatic heterocycles. The van der Waals surface area contributed by atoms with E-state index in [0.29, 0.717) is 49.8 Å². The van der Waals surface area contributed by atoms with Crippen LogP contribution in [0.25, 0.3) is 0 Å². The number of nitrogens with zero attached hydrogens (tertiary/aromatic N) is 5. The molecule has 3 unspecified atom stereocenters. The van der Waals surface area contributed by atoms with Gasteiger partial charge in [0.25, 0.3) is 0 Å². The van der Waals surface area contributed by atoms with Crippen molar-refractivity contribution in [1.82, 2.24) is 19.4 Å². The fourth-order valence-corrected chi connectivity index (χ4v) is 9.23. The molecule has 13 nitrogen and oxygen atoms in total. The highest BCUT2D eigenvalue weighted by Gasteiger charge is 2.62. The number of fused-ring (bicyclic) bond motifs is 1. The van der Waals surface area contributed by atoms with Gasteiger partial charge in [0.1, 0.15) is 13.2 Å². The molecule has 0 aromatic rings. The quantitative estimate of drug-likeness (QED) is 0.279. The zero-order valence-corrected chi connectivity index (χ0v) is 26.0. The van der Waals surface area contributed by atoms with Crippen molar-refractivity contribution >= 4 is 13.9 Å². The van der Waals surface area contributed by atoms with E-state index in [2.05, 4.69) is 60.9 Å². The van der Waals surface area contributed by atoms with Gasteiger partial charge in [0.05, 0.1) is 58.3 Å². The van der Waals surface area contributed by atoms with Crippen LogP contribution >= 0.6 is 8.07 Å². The summed E-state index contributed by atoms with van der Waals surface area (Å²) in [5.41, 5.74) is -1.46. The van der Waals surface area contributed by atoms with Gasteiger partial charge in [0.15, 0.2) is 11.4 Å². The lowest BCUT2D eigenvalue weighted by atomic mass is 10.1. The van der Waals surface area contributed by atoms with E-state index < -0.39 is 17.1 Å². The van der Waals surface area contributed by atoms with E-state index in [1.165, 1.54) is 26.0 Å². The standard InChI is InChI=1S/C15H31N4P.C6H11NO5.C5H8O3/c1-12(2)17-9-16-7-15(18(10-16)13(3)4)8-19(14(5)6)20(15)11-17;8-6(3-7(9)10)4-11-1-2-12-5-6;6-5-3-7-1-2-8-4-5/h12-14H,7-11H2,1-6H3;8H,1-5H2;1-4H2. The Kier molecular flexibility index (Phi) is 12.7. The van der Waals surface area contributed by atoms with Gasteiger partial charge in [-0.25, -0.2) is 0 Å². The molecule has 5 heterocycles. The maximum atomic E-state index is 10.4. The third kappa shape index (κ3) is 8.82. The van der Waals surface area contributed by atoms with Crippen LogP contribution in [-0.4, -0.2) is 156 Å². The summed E-state index contributed by atoms with van der Waals surface area (Å²) >= 11 is 0. The first-order valence-electron chi connectivity index (χ1n) is 14.3. The zero-order chi connectivity index (χ0) is 29.5. The second kappa shape index (κ2) is 15.0. The fourth-order valence-electron chi connectivity index (χ4n) is 5.56. The van der Waals surface area contributed by atoms with Crippen molar-refractivity contribution in [2.24, 2.45) is 0 Å². The van der Waals surface area contributed by atoms with E-state index in [9.17, 15) is 20.0 Å². The second-order valence-corrected chi connectivity index (χ2v) is 14.5. The van der Waals surface area contributed by atoms with Gasteiger partial charge in [-0.2, -0.15) is 0 Å². The zero-order valence-electron chi connectivity index (χ0n) is 25.1. The average Bonchev–Trinajstić information content (AvgIpc) is 2.97. The highest BCUT2D eigenvalue weighted by molar-refractivity contribution is 7.58. The van der Waals surface area contributed by atoms with Crippen LogP contribution < -0.4 is 0 Å². The van der Waals surface area contributed by atoms with E-state index in [-0.39, 0.29) is 40.3 Å². The largest absolute Gasteiger partial charge is 0.379 e. The number of nitro groups is 1. The van der Waals surface area contributed by atoms with Crippen LogP contribution in [0.4, 0.5) is 0 Å². The Balaban J connectivity index is 0.000000187. The van der Waals surface area contributed by atoms with Crippen LogP contribution in [0.1, 0.15) is 41.5 Å². The Labute approximate surface area is 240 Å². The minimum atomic E-state index is -1.46. The first-order chi connectivity index (χ1) is 18.9. The molecule has 0 saturated carbocycles. The molecule has 0 aromatic carbocycles. The lowest BCUT2D eigenvalue weighted by Crippen LogP contribution is -2.65. The van der Waals surface area contributed by atoms with Crippen LogP contribution in [0, 0.1) is 10.1 Å². The SMILES string of the molecule is CC(C)N1CN2CN(C(C)C)C3(C2)CN(C(C)C)P3C1.O=C1COCCOC1.O=[N+]([O-])CC1(O)COCCOC1. The topological polar surface area (TPSA) is 130 Å². The molecule has 40 heavy (non-hydrogen) atoms. The Morgan fingerprint density at radius 2 is 1.48 bits per heavy atom. The second-order valence-electron chi connectivity index (χ2n) is 12.0. The van der Waals surface area contributed by atoms with Gasteiger partial charge in [-0.1, -0.05) is 0 Å². The molecule has 3 atom stereocenters. The molecule has 0 aliphatic carbocycles. The van der Waals surface area contributed by atoms with Gasteiger partial charge in [0.2, 0.25) is 6.54 Å². The van der Waals surface area contributed by atoms with Crippen LogP contribution in [0.3, 0.4) is 0 Å². The van der Waals surface area contributed by atoms with E-state index in [4.69, 9.17) is 18.9 Å². The average molecular weight is 592 g/mol. The first kappa shape index (κ1) is 33.6. The summed E-state index contributed by atoms with van der Waals surface area (Å²) in [6.07, 6.45) is 1.30. The number of ether oxygens (including phenoxy) is 4. The molecule has 5 saturated heterocycles. The number of ketones is 1. The number of Topliss-reactive ketones (excluding diaryl/α,β-unsaturated/α-hetero) is 1. The number of carbonyl (C=O) groups excluding carboxylic acids is 1. The summed E-state index contributed by atoms with van der Waals surface area (Å²) in [5, 5.41) is 20.1. The maximum absolute atomic E-state index is 10.4. The molecule has 1 spiro atoms. The first-order valence-corrected chi connectivity index (χ1v) is 15.8. The predicted octanol–water partition coefficient (Wildman–Crippen LogP) is 1.07. The highest BCUT2D eigenvalue weighted by Crippen LogP contribution is 2.67. The molecular formula is C26H50N5O8P. The summed E-state index contributed by atoms with van der Waals surface area (Å²) in [6.45, 7) is 20.8. The van der Waals surface area contributed by atoms with Crippen molar-refractivity contribution < 1.29 is 33.8 Å². The van der Waals surface area contributed by atoms with E-state index in [1.807, 2.05) is 0 Å². The lowest BCUT2D eigenvalue weighted by molar-refractivity contribution is -0.502. The van der Waals surface area contributed by atoms with Crippen LogP contribution in [0.2, 0.25) is 0 Å². The van der Waals surface area contributed by atoms with Gasteiger partial charge < -0.3 is 24.1 Å². The van der Waals surface area contributed by atoms with Gasteiger partial charge >= 0.3 is 0 Å². The fraction of sp³-hybridized carbons (Fsp3) is 0.962. The van der Waals surface area contributed by atoms with E-state index in [0.717, 1.165) is 6.67 Å². The summed E-state index contributed by atoms with van der Waals surface area (Å²) in [7, 11) is -0.0445. The molecule has 2 bridgehead atoms. The number of hydrogen-bond acceptors (Lipinski definition) is 12. The Morgan fingerprint density at radius 1 is 0.900 bits per heavy atom. The number of carbonyl (C=O) groups is 1. The maximum Gasteiger partial charge on any atom is 0.236 e. The van der Waals surface area contributed by atoms with Gasteiger partial charge in [-0.3, -0.25) is 34.3 Å². The smallest absolute Gasteiger partial charge is 0.236 e. The summed E-state index contributed by atoms with van der Waals surface area (Å²) in [6, 6.07) is 2.03. The molecule has 0 aromatic heterocycles. The molecule has 5 rings (SSSR count). The van der Waals surface area contributed by atoms with Crippen molar-refractivity contribution in [1.29, 1.82) is 0 Å². The van der Waals surface area contributed by atoms with Crippen molar-refractivity contribution in [2.45, 2.75) is 70.5 Å². The molecule has 0 radical (unpaired) electrons. The minimum Gasteiger partial charge on any atom is -0.379 e. The Hall–Kier alpha value is -0.860. The number of rotatable bonds is 5. The lowest BCUT2D eigenvalue weighted by Gasteiger charge is -2.62. The van der Waals surface area contributed by atoms with Crippen molar-refractivity contribution in [2.75, 3.05) is 92.1 Å². The van der Waals surface area contributed by atoms with E-state index >= 15 is 0 Å². The highest BCUT2D eigenvalue weighted by atomic mass is 31.1. The van der Waals surface area contributed by atoms with E-state index in [1.54, 1.807) is 0 Å². The third-order valence-corrected chi connectivity index (χ3v) is 11.0. The van der Waals surface area contributed by atoms with Crippen LogP contribution in [0.5, 0.6) is 0 Å². The third-order valence-electron chi connectivity index (χ3n) is 7.65. The van der Waals surface area contributed by atoms with Gasteiger partial charge in [-0.15, -0.1) is 0 Å². The van der Waals surface area contributed by atoms with Crippen molar-refractivity contribution in [3.05, 3.63) is 10.1 Å². The van der Waals surface area contributed by atoms with Gasteiger partial charge in [0, 0.05) is 50.5 Å². The number of aliphatic hydroxyl groups is 1. The van der Waals surface area contributed by atoms with Crippen LogP contribution in [0.15, 0.2) is 0 Å². The van der Waals surface area contributed by atoms with Gasteiger partial charge in [-0.05, 0) is 41.5 Å². The normalized spacial score (nSPS) is 31.2. The monoisotopic (exact) mass is 591 g/mol.